The van der Waals surface area contributed by atoms with Crippen molar-refractivity contribution in [3.8, 4) is 0 Å². The minimum atomic E-state index is -0.566. The molecule has 0 unspecified atom stereocenters. The van der Waals surface area contributed by atoms with E-state index in [1.54, 1.807) is 25.7 Å². The Morgan fingerprint density at radius 3 is 2.14 bits per heavy atom. The molecule has 3 nitrogen and oxygen atoms in total. The van der Waals surface area contributed by atoms with Gasteiger partial charge >= 0.3 is 0 Å². The van der Waals surface area contributed by atoms with Crippen LogP contribution in [0.25, 0.3) is 0 Å². The van der Waals surface area contributed by atoms with Gasteiger partial charge in [0.15, 0.2) is 11.6 Å². The SMILES string of the molecule is CCC(=O)Nc1c(C)c(F)c(N2CCC(C)CC2)c(F)c1C. The molecular weight excluding hydrogens is 286 g/mol. The van der Waals surface area contributed by atoms with Crippen molar-refractivity contribution in [1.29, 1.82) is 0 Å². The number of benzene rings is 1. The van der Waals surface area contributed by atoms with Crippen molar-refractivity contribution >= 4 is 17.3 Å². The largest absolute Gasteiger partial charge is 0.367 e. The molecule has 0 atom stereocenters. The first-order valence-corrected chi connectivity index (χ1v) is 7.89. The van der Waals surface area contributed by atoms with E-state index in [-0.39, 0.29) is 23.7 Å². The number of amides is 1. The van der Waals surface area contributed by atoms with Crippen LogP contribution < -0.4 is 10.2 Å². The van der Waals surface area contributed by atoms with Crippen molar-refractivity contribution in [1.82, 2.24) is 0 Å². The second-order valence-electron chi connectivity index (χ2n) is 6.17. The number of halogens is 2. The molecule has 0 spiro atoms. The number of anilines is 2. The summed E-state index contributed by atoms with van der Waals surface area (Å²) in [7, 11) is 0. The van der Waals surface area contributed by atoms with Crippen LogP contribution in [0.5, 0.6) is 0 Å². The molecule has 1 amide bonds. The summed E-state index contributed by atoms with van der Waals surface area (Å²) in [5, 5.41) is 2.61. The van der Waals surface area contributed by atoms with Crippen LogP contribution >= 0.6 is 0 Å². The summed E-state index contributed by atoms with van der Waals surface area (Å²) in [5.74, 6) is -0.787. The smallest absolute Gasteiger partial charge is 0.224 e. The molecule has 1 aliphatic rings. The molecule has 0 saturated carbocycles. The Morgan fingerprint density at radius 2 is 1.68 bits per heavy atom. The lowest BCUT2D eigenvalue weighted by atomic mass is 9.97. The van der Waals surface area contributed by atoms with Crippen LogP contribution in [0.3, 0.4) is 0 Å². The highest BCUT2D eigenvalue weighted by Gasteiger charge is 2.27. The summed E-state index contributed by atoms with van der Waals surface area (Å²) in [6, 6.07) is 0. The highest BCUT2D eigenvalue weighted by Crippen LogP contribution is 2.36. The molecule has 1 aromatic rings. The van der Waals surface area contributed by atoms with Gasteiger partial charge in [-0.3, -0.25) is 4.79 Å². The molecule has 0 aromatic heterocycles. The highest BCUT2D eigenvalue weighted by atomic mass is 19.1. The number of piperidine rings is 1. The highest BCUT2D eigenvalue weighted by molar-refractivity contribution is 5.92. The predicted octanol–water partition coefficient (Wildman–Crippen LogP) is 4.17. The topological polar surface area (TPSA) is 32.3 Å². The van der Waals surface area contributed by atoms with Crippen LogP contribution in [-0.2, 0) is 4.79 Å². The van der Waals surface area contributed by atoms with Crippen molar-refractivity contribution in [3.63, 3.8) is 0 Å². The molecular formula is C17H24F2N2O. The van der Waals surface area contributed by atoms with Crippen LogP contribution in [0.15, 0.2) is 0 Å². The van der Waals surface area contributed by atoms with Gasteiger partial charge in [-0.25, -0.2) is 8.78 Å². The van der Waals surface area contributed by atoms with E-state index in [1.165, 1.54) is 0 Å². The number of hydrogen-bond acceptors (Lipinski definition) is 2. The maximum absolute atomic E-state index is 14.7. The number of carbonyl (C=O) groups is 1. The van der Waals surface area contributed by atoms with Gasteiger partial charge in [0.1, 0.15) is 5.69 Å². The number of nitrogens with zero attached hydrogens (tertiary/aromatic N) is 1. The molecule has 22 heavy (non-hydrogen) atoms. The summed E-state index contributed by atoms with van der Waals surface area (Å²) in [6.07, 6.45) is 2.14. The van der Waals surface area contributed by atoms with E-state index in [2.05, 4.69) is 12.2 Å². The molecule has 2 rings (SSSR count). The second-order valence-corrected chi connectivity index (χ2v) is 6.17. The maximum Gasteiger partial charge on any atom is 0.224 e. The lowest BCUT2D eigenvalue weighted by Gasteiger charge is -2.33. The molecule has 5 heteroatoms. The molecule has 0 aliphatic carbocycles. The Balaban J connectivity index is 2.43. The van der Waals surface area contributed by atoms with Crippen LogP contribution in [0, 0.1) is 31.4 Å². The number of rotatable bonds is 3. The summed E-state index contributed by atoms with van der Waals surface area (Å²) in [6.45, 7) is 8.36. The van der Waals surface area contributed by atoms with Crippen LogP contribution in [0.4, 0.5) is 20.2 Å². The van der Waals surface area contributed by atoms with Gasteiger partial charge in [0.2, 0.25) is 5.91 Å². The zero-order chi connectivity index (χ0) is 16.4. The minimum absolute atomic E-state index is 0.0522. The van der Waals surface area contributed by atoms with Gasteiger partial charge in [-0.05, 0) is 32.6 Å². The first kappa shape index (κ1) is 16.7. The Bertz CT molecular complexity index is 550. The third kappa shape index (κ3) is 3.08. The fourth-order valence-electron chi connectivity index (χ4n) is 2.88. The predicted molar refractivity (Wildman–Crippen MR) is 85.4 cm³/mol. The van der Waals surface area contributed by atoms with Crippen molar-refractivity contribution in [2.75, 3.05) is 23.3 Å². The van der Waals surface area contributed by atoms with Crippen LogP contribution in [-0.4, -0.2) is 19.0 Å². The van der Waals surface area contributed by atoms with Crippen molar-refractivity contribution in [3.05, 3.63) is 22.8 Å². The molecule has 1 fully saturated rings. The number of hydrogen-bond donors (Lipinski definition) is 1. The Kier molecular flexibility index (Phi) is 5.04. The zero-order valence-electron chi connectivity index (χ0n) is 13.7. The molecule has 0 bridgehead atoms. The van der Waals surface area contributed by atoms with E-state index in [9.17, 15) is 13.6 Å². The summed E-state index contributed by atoms with van der Waals surface area (Å²) in [4.78, 5) is 13.4. The molecule has 1 N–H and O–H groups in total. The van der Waals surface area contributed by atoms with E-state index < -0.39 is 11.6 Å². The van der Waals surface area contributed by atoms with Gasteiger partial charge in [-0.1, -0.05) is 13.8 Å². The van der Waals surface area contributed by atoms with E-state index in [0.29, 0.717) is 30.1 Å². The molecule has 1 aromatic carbocycles. The fraction of sp³-hybridized carbons (Fsp3) is 0.588. The van der Waals surface area contributed by atoms with Crippen molar-refractivity contribution in [2.24, 2.45) is 5.92 Å². The summed E-state index contributed by atoms with van der Waals surface area (Å²) < 4.78 is 29.4. The first-order valence-electron chi connectivity index (χ1n) is 7.89. The standard InChI is InChI=1S/C17H24F2N2O/c1-5-13(22)20-16-11(3)14(18)17(15(19)12(16)4)21-8-6-10(2)7-9-21/h10H,5-9H2,1-4H3,(H,20,22). The summed E-state index contributed by atoms with van der Waals surface area (Å²) >= 11 is 0. The third-order valence-corrected chi connectivity index (χ3v) is 4.51. The minimum Gasteiger partial charge on any atom is -0.367 e. The average molecular weight is 310 g/mol. The molecule has 0 radical (unpaired) electrons. The average Bonchev–Trinajstić information content (AvgIpc) is 2.51. The molecule has 1 heterocycles. The van der Waals surface area contributed by atoms with Gasteiger partial charge in [0, 0.05) is 30.6 Å². The zero-order valence-corrected chi connectivity index (χ0v) is 13.7. The number of nitrogens with one attached hydrogen (secondary N) is 1. The normalized spacial score (nSPS) is 16.0. The number of carbonyl (C=O) groups excluding carboxylic acids is 1. The van der Waals surface area contributed by atoms with E-state index in [1.807, 2.05) is 0 Å². The van der Waals surface area contributed by atoms with E-state index in [4.69, 9.17) is 0 Å². The fourth-order valence-corrected chi connectivity index (χ4v) is 2.88. The molecule has 122 valence electrons. The second kappa shape index (κ2) is 6.63. The Morgan fingerprint density at radius 1 is 1.18 bits per heavy atom. The molecule has 1 aliphatic heterocycles. The van der Waals surface area contributed by atoms with E-state index >= 15 is 0 Å². The lowest BCUT2D eigenvalue weighted by molar-refractivity contribution is -0.115. The van der Waals surface area contributed by atoms with Crippen molar-refractivity contribution < 1.29 is 13.6 Å². The van der Waals surface area contributed by atoms with Gasteiger partial charge in [-0.15, -0.1) is 0 Å². The van der Waals surface area contributed by atoms with Crippen LogP contribution in [0.1, 0.15) is 44.2 Å². The Hall–Kier alpha value is -1.65. The monoisotopic (exact) mass is 310 g/mol. The van der Waals surface area contributed by atoms with E-state index in [0.717, 1.165) is 12.8 Å². The molecule has 1 saturated heterocycles. The third-order valence-electron chi connectivity index (χ3n) is 4.51. The maximum atomic E-state index is 14.7. The quantitative estimate of drug-likeness (QED) is 0.909. The first-order chi connectivity index (χ1) is 10.4. The van der Waals surface area contributed by atoms with Crippen molar-refractivity contribution in [2.45, 2.75) is 47.0 Å². The van der Waals surface area contributed by atoms with Gasteiger partial charge in [0.05, 0.1) is 5.69 Å². The lowest BCUT2D eigenvalue weighted by Crippen LogP contribution is -2.34. The van der Waals surface area contributed by atoms with Gasteiger partial charge in [-0.2, -0.15) is 0 Å². The van der Waals surface area contributed by atoms with Gasteiger partial charge in [0.25, 0.3) is 0 Å². The van der Waals surface area contributed by atoms with Crippen LogP contribution in [0.2, 0.25) is 0 Å². The summed E-state index contributed by atoms with van der Waals surface area (Å²) in [5.41, 5.74) is 0.913. The van der Waals surface area contributed by atoms with Gasteiger partial charge < -0.3 is 10.2 Å². The Labute approximate surface area is 130 Å².